The summed E-state index contributed by atoms with van der Waals surface area (Å²) in [6, 6.07) is 8.84. The van der Waals surface area contributed by atoms with Crippen molar-refractivity contribution >= 4 is 27.5 Å². The number of amides is 1. The lowest BCUT2D eigenvalue weighted by Gasteiger charge is -2.11. The van der Waals surface area contributed by atoms with Gasteiger partial charge in [0.1, 0.15) is 5.75 Å². The van der Waals surface area contributed by atoms with Gasteiger partial charge < -0.3 is 19.5 Å². The molecule has 22 heavy (non-hydrogen) atoms. The summed E-state index contributed by atoms with van der Waals surface area (Å²) in [7, 11) is 1.58. The van der Waals surface area contributed by atoms with Crippen molar-refractivity contribution in [1.29, 1.82) is 0 Å². The van der Waals surface area contributed by atoms with E-state index in [1.165, 1.54) is 0 Å². The van der Waals surface area contributed by atoms with Gasteiger partial charge in [-0.3, -0.25) is 4.79 Å². The Morgan fingerprint density at radius 1 is 1.23 bits per heavy atom. The van der Waals surface area contributed by atoms with Gasteiger partial charge >= 0.3 is 0 Å². The number of rotatable bonds is 3. The van der Waals surface area contributed by atoms with E-state index in [1.807, 2.05) is 13.0 Å². The highest BCUT2D eigenvalue weighted by Crippen LogP contribution is 2.34. The van der Waals surface area contributed by atoms with Gasteiger partial charge in [0.2, 0.25) is 6.79 Å². The zero-order valence-corrected chi connectivity index (χ0v) is 13.7. The van der Waals surface area contributed by atoms with Crippen molar-refractivity contribution in [2.45, 2.75) is 6.92 Å². The summed E-state index contributed by atoms with van der Waals surface area (Å²) in [6.45, 7) is 2.12. The molecule has 1 N–H and O–H groups in total. The fourth-order valence-corrected chi connectivity index (χ4v) is 2.86. The predicted octanol–water partition coefficient (Wildman–Crippen LogP) is 3.75. The molecular weight excluding hydrogens is 350 g/mol. The minimum Gasteiger partial charge on any atom is -0.496 e. The molecule has 0 spiro atoms. The molecule has 0 saturated heterocycles. The van der Waals surface area contributed by atoms with Crippen LogP contribution in [0.5, 0.6) is 17.2 Å². The van der Waals surface area contributed by atoms with E-state index < -0.39 is 0 Å². The highest BCUT2D eigenvalue weighted by Gasteiger charge is 2.17. The zero-order chi connectivity index (χ0) is 15.7. The number of carbonyl (C=O) groups excluding carboxylic acids is 1. The number of hydrogen-bond acceptors (Lipinski definition) is 4. The summed E-state index contributed by atoms with van der Waals surface area (Å²) in [5, 5.41) is 2.84. The number of ether oxygens (including phenoxy) is 3. The molecular formula is C16H14BrNO4. The molecule has 0 saturated carbocycles. The molecule has 5 nitrogen and oxygen atoms in total. The maximum atomic E-state index is 12.4. The van der Waals surface area contributed by atoms with Gasteiger partial charge in [0.05, 0.1) is 12.7 Å². The van der Waals surface area contributed by atoms with Gasteiger partial charge in [0.25, 0.3) is 5.91 Å². The van der Waals surface area contributed by atoms with Crippen molar-refractivity contribution in [2.75, 3.05) is 19.2 Å². The number of halogens is 1. The summed E-state index contributed by atoms with van der Waals surface area (Å²) in [4.78, 5) is 12.4. The molecule has 0 aliphatic carbocycles. The van der Waals surface area contributed by atoms with Crippen LogP contribution >= 0.6 is 15.9 Å². The minimum absolute atomic E-state index is 0.202. The predicted molar refractivity (Wildman–Crippen MR) is 85.9 cm³/mol. The molecule has 114 valence electrons. The van der Waals surface area contributed by atoms with E-state index in [4.69, 9.17) is 14.2 Å². The SMILES string of the molecule is COc1cc(C(=O)Nc2ccc3c(c2)OCO3)c(Br)cc1C. The Morgan fingerprint density at radius 2 is 2.00 bits per heavy atom. The van der Waals surface area contributed by atoms with Crippen LogP contribution in [-0.4, -0.2) is 19.8 Å². The van der Waals surface area contributed by atoms with Crippen molar-refractivity contribution in [2.24, 2.45) is 0 Å². The van der Waals surface area contributed by atoms with Crippen LogP contribution < -0.4 is 19.5 Å². The largest absolute Gasteiger partial charge is 0.496 e. The lowest BCUT2D eigenvalue weighted by Crippen LogP contribution is -2.13. The summed E-state index contributed by atoms with van der Waals surface area (Å²) < 4.78 is 16.5. The highest BCUT2D eigenvalue weighted by atomic mass is 79.9. The molecule has 6 heteroatoms. The molecule has 0 unspecified atom stereocenters. The van der Waals surface area contributed by atoms with Crippen LogP contribution in [-0.2, 0) is 0 Å². The summed E-state index contributed by atoms with van der Waals surface area (Å²) >= 11 is 3.41. The summed E-state index contributed by atoms with van der Waals surface area (Å²) in [6.07, 6.45) is 0. The molecule has 0 bridgehead atoms. The molecule has 0 atom stereocenters. The smallest absolute Gasteiger partial charge is 0.256 e. The number of hydrogen-bond donors (Lipinski definition) is 1. The Bertz CT molecular complexity index is 745. The zero-order valence-electron chi connectivity index (χ0n) is 12.1. The van der Waals surface area contributed by atoms with Gasteiger partial charge in [0, 0.05) is 16.2 Å². The third kappa shape index (κ3) is 2.74. The number of carbonyl (C=O) groups is 1. The number of nitrogens with one attached hydrogen (secondary N) is 1. The quantitative estimate of drug-likeness (QED) is 0.902. The van der Waals surface area contributed by atoms with Gasteiger partial charge in [-0.25, -0.2) is 0 Å². The first-order valence-electron chi connectivity index (χ1n) is 6.63. The van der Waals surface area contributed by atoms with Gasteiger partial charge in [-0.2, -0.15) is 0 Å². The lowest BCUT2D eigenvalue weighted by molar-refractivity contribution is 0.102. The summed E-state index contributed by atoms with van der Waals surface area (Å²) in [5.74, 6) is 1.73. The van der Waals surface area contributed by atoms with E-state index in [-0.39, 0.29) is 12.7 Å². The first-order chi connectivity index (χ1) is 10.6. The standard InChI is InChI=1S/C16H14BrNO4/c1-9-5-12(17)11(7-14(9)20-2)16(19)18-10-3-4-13-15(6-10)22-8-21-13/h3-7H,8H2,1-2H3,(H,18,19). The third-order valence-electron chi connectivity index (χ3n) is 3.36. The molecule has 1 aliphatic rings. The van der Waals surface area contributed by atoms with Gasteiger partial charge in [-0.1, -0.05) is 0 Å². The van der Waals surface area contributed by atoms with E-state index in [9.17, 15) is 4.79 Å². The van der Waals surface area contributed by atoms with Crippen LogP contribution in [0.1, 0.15) is 15.9 Å². The van der Waals surface area contributed by atoms with Crippen molar-refractivity contribution in [3.63, 3.8) is 0 Å². The Balaban J connectivity index is 1.85. The molecule has 0 fully saturated rings. The Labute approximate surface area is 136 Å². The van der Waals surface area contributed by atoms with Gasteiger partial charge in [-0.15, -0.1) is 0 Å². The first kappa shape index (κ1) is 14.7. The topological polar surface area (TPSA) is 56.8 Å². The molecule has 0 aromatic heterocycles. The maximum absolute atomic E-state index is 12.4. The van der Waals surface area contributed by atoms with Crippen molar-refractivity contribution in [3.8, 4) is 17.2 Å². The Kier molecular flexibility index (Phi) is 3.94. The van der Waals surface area contributed by atoms with Crippen LogP contribution in [0, 0.1) is 6.92 Å². The molecule has 2 aromatic carbocycles. The van der Waals surface area contributed by atoms with Crippen LogP contribution in [0.2, 0.25) is 0 Å². The average molecular weight is 364 g/mol. The number of aryl methyl sites for hydroxylation is 1. The molecule has 0 radical (unpaired) electrons. The fraction of sp³-hybridized carbons (Fsp3) is 0.188. The molecule has 1 amide bonds. The number of benzene rings is 2. The second kappa shape index (κ2) is 5.88. The normalized spacial score (nSPS) is 12.1. The van der Waals surface area contributed by atoms with E-state index in [0.29, 0.717) is 33.0 Å². The third-order valence-corrected chi connectivity index (χ3v) is 4.02. The fourth-order valence-electron chi connectivity index (χ4n) is 2.22. The van der Waals surface area contributed by atoms with E-state index in [0.717, 1.165) is 5.56 Å². The number of methoxy groups -OCH3 is 1. The van der Waals surface area contributed by atoms with Crippen LogP contribution in [0.4, 0.5) is 5.69 Å². The second-order valence-corrected chi connectivity index (χ2v) is 5.68. The second-order valence-electron chi connectivity index (χ2n) is 4.82. The highest BCUT2D eigenvalue weighted by molar-refractivity contribution is 9.10. The first-order valence-corrected chi connectivity index (χ1v) is 7.43. The number of anilines is 1. The van der Waals surface area contributed by atoms with Crippen LogP contribution in [0.3, 0.4) is 0 Å². The van der Waals surface area contributed by atoms with Gasteiger partial charge in [-0.05, 0) is 52.7 Å². The lowest BCUT2D eigenvalue weighted by atomic mass is 10.1. The van der Waals surface area contributed by atoms with E-state index in [1.54, 1.807) is 31.4 Å². The van der Waals surface area contributed by atoms with Crippen molar-refractivity contribution < 1.29 is 19.0 Å². The van der Waals surface area contributed by atoms with Crippen molar-refractivity contribution in [3.05, 3.63) is 45.9 Å². The average Bonchev–Trinajstić information content (AvgIpc) is 2.94. The molecule has 1 heterocycles. The summed E-state index contributed by atoms with van der Waals surface area (Å²) in [5.41, 5.74) is 2.09. The van der Waals surface area contributed by atoms with Crippen LogP contribution in [0.15, 0.2) is 34.8 Å². The van der Waals surface area contributed by atoms with Crippen molar-refractivity contribution in [1.82, 2.24) is 0 Å². The Hall–Kier alpha value is -2.21. The van der Waals surface area contributed by atoms with Gasteiger partial charge in [0.15, 0.2) is 11.5 Å². The minimum atomic E-state index is -0.232. The van der Waals surface area contributed by atoms with E-state index >= 15 is 0 Å². The maximum Gasteiger partial charge on any atom is 0.256 e. The molecule has 1 aliphatic heterocycles. The molecule has 3 rings (SSSR count). The molecule has 2 aromatic rings. The van der Waals surface area contributed by atoms with Crippen LogP contribution in [0.25, 0.3) is 0 Å². The number of fused-ring (bicyclic) bond motifs is 1. The Morgan fingerprint density at radius 3 is 2.77 bits per heavy atom. The monoisotopic (exact) mass is 363 g/mol. The van der Waals surface area contributed by atoms with E-state index in [2.05, 4.69) is 21.2 Å².